The van der Waals surface area contributed by atoms with Crippen molar-refractivity contribution in [2.24, 2.45) is 4.99 Å². The minimum atomic E-state index is -0.427. The summed E-state index contributed by atoms with van der Waals surface area (Å²) in [6.45, 7) is 9.58. The van der Waals surface area contributed by atoms with Gasteiger partial charge in [-0.05, 0) is 23.6 Å². The summed E-state index contributed by atoms with van der Waals surface area (Å²) in [5, 5.41) is 0.447. The number of benzene rings is 3. The first-order valence-electron chi connectivity index (χ1n) is 10.3. The van der Waals surface area contributed by atoms with Crippen LogP contribution in [0.4, 0.5) is 10.1 Å². The maximum atomic E-state index is 15.1. The number of nitrogens with zero attached hydrogens (tertiary/aromatic N) is 1. The van der Waals surface area contributed by atoms with E-state index in [9.17, 15) is 0 Å². The Balaban J connectivity index is 1.63. The summed E-state index contributed by atoms with van der Waals surface area (Å²) in [6, 6.07) is 25.8. The van der Waals surface area contributed by atoms with Crippen molar-refractivity contribution in [2.45, 2.75) is 44.7 Å². The number of para-hydroxylation sites is 1. The van der Waals surface area contributed by atoms with Crippen molar-refractivity contribution in [3.05, 3.63) is 95.6 Å². The van der Waals surface area contributed by atoms with E-state index in [1.165, 1.54) is 11.0 Å². The van der Waals surface area contributed by atoms with Crippen molar-refractivity contribution in [1.29, 1.82) is 0 Å². The molecule has 0 atom stereocenters. The lowest BCUT2D eigenvalue weighted by molar-refractivity contribution is 0.628. The highest BCUT2D eigenvalue weighted by atomic mass is 19.1. The van der Waals surface area contributed by atoms with Crippen LogP contribution in [0, 0.1) is 0 Å². The minimum Gasteiger partial charge on any atom is -0.220 e. The van der Waals surface area contributed by atoms with Gasteiger partial charge in [0.25, 0.3) is 0 Å². The van der Waals surface area contributed by atoms with Crippen LogP contribution in [0.1, 0.15) is 44.4 Å². The SMILES string of the molecule is CC1(C)B(c2cccc(C(F)=Nc3ccccc3Cc3ccccc3)c2)C1(C)C. The zero-order valence-corrected chi connectivity index (χ0v) is 17.6. The molecule has 1 aliphatic heterocycles. The Bertz CT molecular complexity index is 1040. The molecule has 146 valence electrons. The standard InChI is InChI=1S/C26H27BFN/c1-25(2)26(3,4)27(25)22-15-10-14-21(18-22)24(28)29-23-16-9-8-13-20(23)17-19-11-6-5-7-12-19/h5-16,18H,17H2,1-4H3. The number of rotatable bonds is 5. The molecule has 0 unspecified atom stereocenters. The lowest BCUT2D eigenvalue weighted by Gasteiger charge is -2.07. The fourth-order valence-electron chi connectivity index (χ4n) is 4.63. The van der Waals surface area contributed by atoms with E-state index in [1.807, 2.05) is 60.7 Å². The summed E-state index contributed by atoms with van der Waals surface area (Å²) in [5.41, 5.74) is 4.65. The van der Waals surface area contributed by atoms with Gasteiger partial charge < -0.3 is 0 Å². The molecule has 0 saturated carbocycles. The summed E-state index contributed by atoms with van der Waals surface area (Å²) in [4.78, 5) is 4.37. The van der Waals surface area contributed by atoms with Gasteiger partial charge >= 0.3 is 0 Å². The summed E-state index contributed by atoms with van der Waals surface area (Å²) < 4.78 is 15.1. The fourth-order valence-corrected chi connectivity index (χ4v) is 4.63. The van der Waals surface area contributed by atoms with Crippen LogP contribution in [0.5, 0.6) is 0 Å². The van der Waals surface area contributed by atoms with E-state index < -0.39 is 5.97 Å². The number of hydrogen-bond donors (Lipinski definition) is 0. The van der Waals surface area contributed by atoms with E-state index >= 15 is 4.39 Å². The molecule has 3 heteroatoms. The highest BCUT2D eigenvalue weighted by Gasteiger charge is 2.67. The van der Waals surface area contributed by atoms with Crippen LogP contribution in [0.15, 0.2) is 83.9 Å². The molecule has 0 aromatic heterocycles. The second kappa shape index (κ2) is 7.29. The molecule has 1 heterocycles. The average molecular weight is 383 g/mol. The second-order valence-electron chi connectivity index (χ2n) is 9.20. The predicted molar refractivity (Wildman–Crippen MR) is 123 cm³/mol. The van der Waals surface area contributed by atoms with Gasteiger partial charge in [-0.3, -0.25) is 0 Å². The molecule has 0 N–H and O–H groups in total. The molecule has 1 saturated heterocycles. The van der Waals surface area contributed by atoms with Crippen molar-refractivity contribution in [3.8, 4) is 0 Å². The molecular weight excluding hydrogens is 356 g/mol. The van der Waals surface area contributed by atoms with E-state index in [4.69, 9.17) is 0 Å². The van der Waals surface area contributed by atoms with Gasteiger partial charge in [-0.25, -0.2) is 4.99 Å². The van der Waals surface area contributed by atoms with Gasteiger partial charge in [-0.1, -0.05) is 117 Å². The van der Waals surface area contributed by atoms with Crippen molar-refractivity contribution in [3.63, 3.8) is 0 Å². The minimum absolute atomic E-state index is 0.224. The Morgan fingerprint density at radius 1 is 0.828 bits per heavy atom. The summed E-state index contributed by atoms with van der Waals surface area (Å²) in [7, 11) is 0. The largest absolute Gasteiger partial charge is 0.220 e. The van der Waals surface area contributed by atoms with Crippen LogP contribution in [0.3, 0.4) is 0 Å². The maximum absolute atomic E-state index is 15.1. The third-order valence-corrected chi connectivity index (χ3v) is 6.93. The van der Waals surface area contributed by atoms with E-state index in [0.717, 1.165) is 12.0 Å². The number of hydrogen-bond acceptors (Lipinski definition) is 1. The van der Waals surface area contributed by atoms with Gasteiger partial charge in [-0.15, -0.1) is 0 Å². The molecule has 1 aliphatic rings. The molecule has 0 aliphatic carbocycles. The smallest absolute Gasteiger partial charge is 0.220 e. The highest BCUT2D eigenvalue weighted by Crippen LogP contribution is 2.73. The van der Waals surface area contributed by atoms with Gasteiger partial charge in [0.1, 0.15) is 0 Å². The molecule has 0 bridgehead atoms. The van der Waals surface area contributed by atoms with Crippen molar-refractivity contribution < 1.29 is 4.39 Å². The molecule has 3 aromatic rings. The maximum Gasteiger partial charge on any atom is 0.220 e. The Kier molecular flexibility index (Phi) is 4.94. The lowest BCUT2D eigenvalue weighted by Crippen LogP contribution is -2.21. The molecule has 1 nitrogen and oxygen atoms in total. The first-order chi connectivity index (χ1) is 13.8. The zero-order valence-electron chi connectivity index (χ0n) is 17.6. The molecular formula is C26H27BFN. The molecule has 0 radical (unpaired) electrons. The van der Waals surface area contributed by atoms with E-state index in [0.29, 0.717) is 18.0 Å². The molecule has 3 aromatic carbocycles. The van der Waals surface area contributed by atoms with Crippen LogP contribution < -0.4 is 5.46 Å². The Labute approximate surface area is 173 Å². The first-order valence-corrected chi connectivity index (χ1v) is 10.3. The average Bonchev–Trinajstić information content (AvgIpc) is 3.12. The lowest BCUT2D eigenvalue weighted by atomic mass is 9.53. The molecule has 29 heavy (non-hydrogen) atoms. The Morgan fingerprint density at radius 2 is 1.48 bits per heavy atom. The van der Waals surface area contributed by atoms with Gasteiger partial charge in [0.15, 0.2) is 6.71 Å². The fraction of sp³-hybridized carbons (Fsp3) is 0.269. The number of halogens is 1. The summed E-state index contributed by atoms with van der Waals surface area (Å²) in [5.74, 6) is -0.427. The topological polar surface area (TPSA) is 12.4 Å². The Morgan fingerprint density at radius 3 is 2.17 bits per heavy atom. The normalized spacial score (nSPS) is 17.3. The van der Waals surface area contributed by atoms with Crippen molar-refractivity contribution in [2.75, 3.05) is 0 Å². The van der Waals surface area contributed by atoms with Crippen LogP contribution in [-0.4, -0.2) is 12.7 Å². The van der Waals surface area contributed by atoms with Crippen LogP contribution >= 0.6 is 0 Å². The first kappa shape index (κ1) is 19.6. The third kappa shape index (κ3) is 3.66. The molecule has 0 amide bonds. The van der Waals surface area contributed by atoms with Gasteiger partial charge in [0, 0.05) is 5.56 Å². The number of aliphatic imine (C=N–C) groups is 1. The molecule has 1 fully saturated rings. The zero-order chi connectivity index (χ0) is 20.6. The van der Waals surface area contributed by atoms with E-state index in [-0.39, 0.29) is 10.6 Å². The quantitative estimate of drug-likeness (QED) is 0.348. The monoisotopic (exact) mass is 383 g/mol. The summed E-state index contributed by atoms with van der Waals surface area (Å²) >= 11 is 0. The highest BCUT2D eigenvalue weighted by molar-refractivity contribution is 6.89. The van der Waals surface area contributed by atoms with Crippen LogP contribution in [-0.2, 0) is 6.42 Å². The predicted octanol–water partition coefficient (Wildman–Crippen LogP) is 6.60. The van der Waals surface area contributed by atoms with Crippen LogP contribution in [0.2, 0.25) is 10.6 Å². The van der Waals surface area contributed by atoms with Crippen molar-refractivity contribution in [1.82, 2.24) is 0 Å². The second-order valence-corrected chi connectivity index (χ2v) is 9.20. The van der Waals surface area contributed by atoms with E-state index in [1.54, 1.807) is 0 Å². The molecule has 4 rings (SSSR count). The van der Waals surface area contributed by atoms with Gasteiger partial charge in [-0.2, -0.15) is 4.39 Å². The van der Waals surface area contributed by atoms with Crippen molar-refractivity contribution >= 4 is 23.8 Å². The summed E-state index contributed by atoms with van der Waals surface area (Å²) in [6.07, 6.45) is 0.734. The Hall–Kier alpha value is -2.68. The molecule has 0 spiro atoms. The van der Waals surface area contributed by atoms with Crippen LogP contribution in [0.25, 0.3) is 0 Å². The third-order valence-electron chi connectivity index (χ3n) is 6.93. The van der Waals surface area contributed by atoms with Gasteiger partial charge in [0.2, 0.25) is 5.97 Å². The van der Waals surface area contributed by atoms with Gasteiger partial charge in [0.05, 0.1) is 5.69 Å². The van der Waals surface area contributed by atoms with E-state index in [2.05, 4.69) is 50.9 Å².